The zero-order chi connectivity index (χ0) is 13.3. The van der Waals surface area contributed by atoms with Crippen LogP contribution in [0.3, 0.4) is 0 Å². The second-order valence-electron chi connectivity index (χ2n) is 7.15. The third kappa shape index (κ3) is 2.98. The smallest absolute Gasteiger partial charge is 0.0729 e. The number of rotatable bonds is 2. The first-order valence-corrected chi connectivity index (χ1v) is 8.16. The topological polar surface area (TPSA) is 44.5 Å². The van der Waals surface area contributed by atoms with Crippen LogP contribution in [0.1, 0.15) is 51.9 Å². The lowest BCUT2D eigenvalue weighted by Crippen LogP contribution is -2.49. The molecule has 1 saturated carbocycles. The first-order chi connectivity index (χ1) is 9.19. The van der Waals surface area contributed by atoms with Crippen LogP contribution in [0, 0.1) is 17.8 Å². The Balaban J connectivity index is 1.61. The number of nitrogens with two attached hydrogens (primary N) is 1. The van der Waals surface area contributed by atoms with Crippen molar-refractivity contribution in [2.45, 2.75) is 63.5 Å². The molecule has 1 aliphatic carbocycles. The van der Waals surface area contributed by atoms with E-state index in [0.717, 1.165) is 50.9 Å². The van der Waals surface area contributed by atoms with Gasteiger partial charge >= 0.3 is 0 Å². The lowest BCUT2D eigenvalue weighted by Gasteiger charge is -2.45. The molecule has 0 bridgehead atoms. The van der Waals surface area contributed by atoms with Gasteiger partial charge in [-0.25, -0.2) is 0 Å². The minimum absolute atomic E-state index is 0.100. The Bertz CT molecular complexity index is 296. The van der Waals surface area contributed by atoms with Crippen molar-refractivity contribution in [2.75, 3.05) is 19.8 Å². The fraction of sp³-hybridized carbons (Fsp3) is 1.00. The van der Waals surface area contributed by atoms with E-state index in [-0.39, 0.29) is 5.60 Å². The SMILES string of the molecule is CC1CCC(C(N)C2CCOC3(CCOCC3)C2)C1. The van der Waals surface area contributed by atoms with Crippen LogP contribution in [0.5, 0.6) is 0 Å². The van der Waals surface area contributed by atoms with Crippen LogP contribution >= 0.6 is 0 Å². The number of ether oxygens (including phenoxy) is 2. The summed E-state index contributed by atoms with van der Waals surface area (Å²) in [4.78, 5) is 0. The average Bonchev–Trinajstić information content (AvgIpc) is 2.85. The highest BCUT2D eigenvalue weighted by molar-refractivity contribution is 4.94. The van der Waals surface area contributed by atoms with Gasteiger partial charge in [-0.05, 0) is 56.3 Å². The van der Waals surface area contributed by atoms with Crippen molar-refractivity contribution in [3.05, 3.63) is 0 Å². The summed E-state index contributed by atoms with van der Waals surface area (Å²) in [5.41, 5.74) is 6.72. The molecule has 3 fully saturated rings. The van der Waals surface area contributed by atoms with E-state index in [1.165, 1.54) is 25.7 Å². The molecular formula is C16H29NO2. The first-order valence-electron chi connectivity index (χ1n) is 8.16. The van der Waals surface area contributed by atoms with Crippen molar-refractivity contribution < 1.29 is 9.47 Å². The van der Waals surface area contributed by atoms with Gasteiger partial charge in [-0.3, -0.25) is 0 Å². The third-order valence-corrected chi connectivity index (χ3v) is 5.76. The Morgan fingerprint density at radius 3 is 2.53 bits per heavy atom. The number of hydrogen-bond acceptors (Lipinski definition) is 3. The minimum Gasteiger partial charge on any atom is -0.381 e. The Labute approximate surface area is 117 Å². The van der Waals surface area contributed by atoms with Crippen molar-refractivity contribution in [2.24, 2.45) is 23.5 Å². The molecule has 2 heterocycles. The Morgan fingerprint density at radius 1 is 1.05 bits per heavy atom. The van der Waals surface area contributed by atoms with Crippen molar-refractivity contribution in [1.82, 2.24) is 0 Å². The van der Waals surface area contributed by atoms with E-state index >= 15 is 0 Å². The molecule has 3 heteroatoms. The maximum absolute atomic E-state index is 6.62. The molecule has 0 aromatic heterocycles. The maximum Gasteiger partial charge on any atom is 0.0729 e. The van der Waals surface area contributed by atoms with E-state index in [9.17, 15) is 0 Å². The highest BCUT2D eigenvalue weighted by Crippen LogP contribution is 2.42. The van der Waals surface area contributed by atoms with Gasteiger partial charge < -0.3 is 15.2 Å². The molecule has 0 aromatic carbocycles. The summed E-state index contributed by atoms with van der Waals surface area (Å²) in [6, 6.07) is 0.397. The van der Waals surface area contributed by atoms with E-state index in [4.69, 9.17) is 15.2 Å². The van der Waals surface area contributed by atoms with E-state index < -0.39 is 0 Å². The van der Waals surface area contributed by atoms with Gasteiger partial charge in [0.1, 0.15) is 0 Å². The van der Waals surface area contributed by atoms with E-state index in [2.05, 4.69) is 6.92 Å². The van der Waals surface area contributed by atoms with Gasteiger partial charge in [0.2, 0.25) is 0 Å². The number of hydrogen-bond donors (Lipinski definition) is 1. The zero-order valence-corrected chi connectivity index (χ0v) is 12.3. The predicted octanol–water partition coefficient (Wildman–Crippen LogP) is 2.73. The van der Waals surface area contributed by atoms with Crippen LogP contribution in [0.15, 0.2) is 0 Å². The van der Waals surface area contributed by atoms with Gasteiger partial charge in [-0.15, -0.1) is 0 Å². The van der Waals surface area contributed by atoms with Crippen LogP contribution in [0.2, 0.25) is 0 Å². The standard InChI is InChI=1S/C16H29NO2/c1-12-2-3-13(10-12)15(17)14-4-7-19-16(11-14)5-8-18-9-6-16/h12-15H,2-11,17H2,1H3. The summed E-state index contributed by atoms with van der Waals surface area (Å²) in [5.74, 6) is 2.31. The lowest BCUT2D eigenvalue weighted by molar-refractivity contribution is -0.150. The van der Waals surface area contributed by atoms with E-state index in [1.54, 1.807) is 0 Å². The fourth-order valence-corrected chi connectivity index (χ4v) is 4.47. The zero-order valence-electron chi connectivity index (χ0n) is 12.3. The molecule has 2 aliphatic heterocycles. The minimum atomic E-state index is 0.100. The van der Waals surface area contributed by atoms with Crippen molar-refractivity contribution in [1.29, 1.82) is 0 Å². The summed E-state index contributed by atoms with van der Waals surface area (Å²) in [7, 11) is 0. The van der Waals surface area contributed by atoms with Gasteiger partial charge in [0.15, 0.2) is 0 Å². The van der Waals surface area contributed by atoms with Crippen molar-refractivity contribution in [3.63, 3.8) is 0 Å². The maximum atomic E-state index is 6.62. The van der Waals surface area contributed by atoms with Gasteiger partial charge in [0.05, 0.1) is 5.60 Å². The Morgan fingerprint density at radius 2 is 1.84 bits per heavy atom. The molecule has 3 rings (SSSR count). The van der Waals surface area contributed by atoms with Crippen molar-refractivity contribution >= 4 is 0 Å². The summed E-state index contributed by atoms with van der Waals surface area (Å²) in [5, 5.41) is 0. The van der Waals surface area contributed by atoms with Crippen LogP contribution in [-0.4, -0.2) is 31.5 Å². The van der Waals surface area contributed by atoms with Crippen LogP contribution < -0.4 is 5.73 Å². The van der Waals surface area contributed by atoms with E-state index in [0.29, 0.717) is 12.0 Å². The predicted molar refractivity (Wildman–Crippen MR) is 75.9 cm³/mol. The van der Waals surface area contributed by atoms with Gasteiger partial charge in [-0.1, -0.05) is 13.3 Å². The van der Waals surface area contributed by atoms with Crippen molar-refractivity contribution in [3.8, 4) is 0 Å². The molecule has 4 atom stereocenters. The van der Waals surface area contributed by atoms with Crippen LogP contribution in [0.25, 0.3) is 0 Å². The molecule has 3 aliphatic rings. The van der Waals surface area contributed by atoms with Gasteiger partial charge in [0.25, 0.3) is 0 Å². The second kappa shape index (κ2) is 5.71. The molecule has 0 amide bonds. The van der Waals surface area contributed by atoms with Gasteiger partial charge in [0, 0.05) is 25.9 Å². The molecule has 2 N–H and O–H groups in total. The largest absolute Gasteiger partial charge is 0.381 e. The molecule has 0 aromatic rings. The van der Waals surface area contributed by atoms with Crippen LogP contribution in [-0.2, 0) is 9.47 Å². The summed E-state index contributed by atoms with van der Waals surface area (Å²) in [6.07, 6.45) is 8.52. The molecule has 0 radical (unpaired) electrons. The first kappa shape index (κ1) is 13.8. The van der Waals surface area contributed by atoms with E-state index in [1.807, 2.05) is 0 Å². The quantitative estimate of drug-likeness (QED) is 0.836. The summed E-state index contributed by atoms with van der Waals surface area (Å²) >= 11 is 0. The molecule has 3 nitrogen and oxygen atoms in total. The molecule has 19 heavy (non-hydrogen) atoms. The monoisotopic (exact) mass is 267 g/mol. The molecule has 4 unspecified atom stereocenters. The highest BCUT2D eigenvalue weighted by Gasteiger charge is 2.42. The third-order valence-electron chi connectivity index (χ3n) is 5.76. The molecule has 2 saturated heterocycles. The Kier molecular flexibility index (Phi) is 4.16. The summed E-state index contributed by atoms with van der Waals surface area (Å²) < 4.78 is 11.6. The lowest BCUT2D eigenvalue weighted by atomic mass is 9.74. The summed E-state index contributed by atoms with van der Waals surface area (Å²) in [6.45, 7) is 5.00. The normalized spacial score (nSPS) is 40.4. The van der Waals surface area contributed by atoms with Gasteiger partial charge in [-0.2, -0.15) is 0 Å². The average molecular weight is 267 g/mol. The van der Waals surface area contributed by atoms with Crippen LogP contribution in [0.4, 0.5) is 0 Å². The highest BCUT2D eigenvalue weighted by atomic mass is 16.5. The molecular weight excluding hydrogens is 238 g/mol. The second-order valence-corrected chi connectivity index (χ2v) is 7.15. The molecule has 1 spiro atoms. The Hall–Kier alpha value is -0.120. The fourth-order valence-electron chi connectivity index (χ4n) is 4.47. The molecule has 110 valence electrons.